The van der Waals surface area contributed by atoms with Crippen LogP contribution in [-0.2, 0) is 0 Å². The second kappa shape index (κ2) is 6.41. The van der Waals surface area contributed by atoms with Crippen molar-refractivity contribution in [3.63, 3.8) is 0 Å². The van der Waals surface area contributed by atoms with E-state index >= 15 is 0 Å². The second-order valence-corrected chi connectivity index (χ2v) is 7.14. The van der Waals surface area contributed by atoms with E-state index in [2.05, 4.69) is 47.1 Å². The van der Waals surface area contributed by atoms with Crippen LogP contribution in [0.2, 0.25) is 0 Å². The van der Waals surface area contributed by atoms with Gasteiger partial charge in [0, 0.05) is 28.2 Å². The van der Waals surface area contributed by atoms with E-state index in [0.29, 0.717) is 0 Å². The van der Waals surface area contributed by atoms with Gasteiger partial charge in [0.05, 0.1) is 0 Å². The third-order valence-electron chi connectivity index (χ3n) is 4.37. The zero-order valence-electron chi connectivity index (χ0n) is 14.0. The van der Waals surface area contributed by atoms with Crippen LogP contribution in [0.25, 0.3) is 5.69 Å². The molecule has 1 atom stereocenters. The molecule has 3 nitrogen and oxygen atoms in total. The average molecular weight is 351 g/mol. The minimum absolute atomic E-state index is 0.0793. The van der Waals surface area contributed by atoms with Gasteiger partial charge in [-0.1, -0.05) is 42.1 Å². The summed E-state index contributed by atoms with van der Waals surface area (Å²) in [6.45, 7) is 4.16. The summed E-state index contributed by atoms with van der Waals surface area (Å²) in [5.41, 5.74) is 8.78. The topological polar surface area (TPSA) is 29.3 Å². The molecule has 0 spiro atoms. The summed E-state index contributed by atoms with van der Waals surface area (Å²) in [7, 11) is 0. The van der Waals surface area contributed by atoms with Gasteiger partial charge in [0.1, 0.15) is 16.2 Å². The van der Waals surface area contributed by atoms with Crippen LogP contribution >= 0.6 is 11.8 Å². The Morgan fingerprint density at radius 2 is 1.76 bits per heavy atom. The number of hydrogen-bond acceptors (Lipinski definition) is 3. The lowest BCUT2D eigenvalue weighted by atomic mass is 10.2. The molecule has 5 heteroatoms. The third kappa shape index (κ3) is 2.96. The molecule has 0 aliphatic carbocycles. The Labute approximate surface area is 150 Å². The summed E-state index contributed by atoms with van der Waals surface area (Å²) in [4.78, 5) is 0. The molecule has 1 N–H and O–H groups in total. The van der Waals surface area contributed by atoms with E-state index in [1.54, 1.807) is 23.9 Å². The van der Waals surface area contributed by atoms with Gasteiger partial charge in [0.2, 0.25) is 0 Å². The summed E-state index contributed by atoms with van der Waals surface area (Å²) >= 11 is 1.72. The van der Waals surface area contributed by atoms with Crippen molar-refractivity contribution in [1.29, 1.82) is 0 Å². The number of hydrazone groups is 1. The zero-order chi connectivity index (χ0) is 17.4. The van der Waals surface area contributed by atoms with Gasteiger partial charge in [0.15, 0.2) is 0 Å². The Balaban J connectivity index is 1.63. The van der Waals surface area contributed by atoms with E-state index in [0.717, 1.165) is 27.7 Å². The lowest BCUT2D eigenvalue weighted by Gasteiger charge is -2.12. The second-order valence-electron chi connectivity index (χ2n) is 6.05. The van der Waals surface area contributed by atoms with E-state index in [9.17, 15) is 4.39 Å². The van der Waals surface area contributed by atoms with Crippen molar-refractivity contribution in [3.8, 4) is 5.69 Å². The molecule has 3 aromatic rings. The first kappa shape index (κ1) is 16.0. The van der Waals surface area contributed by atoms with Crippen LogP contribution in [0, 0.1) is 19.7 Å². The van der Waals surface area contributed by atoms with E-state index in [1.165, 1.54) is 17.7 Å². The molecule has 0 fully saturated rings. The van der Waals surface area contributed by atoms with Crippen molar-refractivity contribution in [2.45, 2.75) is 19.2 Å². The van der Waals surface area contributed by atoms with Gasteiger partial charge in [-0.15, -0.1) is 0 Å². The molecule has 1 aromatic heterocycles. The molecule has 25 heavy (non-hydrogen) atoms. The summed E-state index contributed by atoms with van der Waals surface area (Å²) in [6, 6.07) is 19.0. The Morgan fingerprint density at radius 1 is 1.04 bits per heavy atom. The molecule has 0 unspecified atom stereocenters. The van der Waals surface area contributed by atoms with Crippen molar-refractivity contribution < 1.29 is 4.39 Å². The van der Waals surface area contributed by atoms with Crippen LogP contribution in [0.15, 0.2) is 65.8 Å². The Kier molecular flexibility index (Phi) is 4.09. The van der Waals surface area contributed by atoms with Gasteiger partial charge in [-0.3, -0.25) is 5.43 Å². The standard InChI is InChI=1S/C20H18FN3S/c1-13-12-18(14(2)24(13)17-10-8-16(21)9-11-17)20-23-22-19(25-20)15-6-4-3-5-7-15/h3-12,20,23H,1-2H3/t20-/m1/s1. The molecule has 1 aliphatic rings. The number of benzene rings is 2. The maximum Gasteiger partial charge on any atom is 0.126 e. The molecule has 0 saturated heterocycles. The number of nitrogens with zero attached hydrogens (tertiary/aromatic N) is 2. The number of aromatic nitrogens is 1. The normalized spacial score (nSPS) is 16.6. The Hall–Kier alpha value is -2.53. The summed E-state index contributed by atoms with van der Waals surface area (Å²) in [5, 5.41) is 5.58. The number of thioether (sulfide) groups is 1. The minimum Gasteiger partial charge on any atom is -0.318 e. The Morgan fingerprint density at radius 3 is 2.48 bits per heavy atom. The highest BCUT2D eigenvalue weighted by Crippen LogP contribution is 2.37. The maximum absolute atomic E-state index is 13.2. The number of nitrogens with one attached hydrogen (secondary N) is 1. The van der Waals surface area contributed by atoms with Crippen molar-refractivity contribution in [2.24, 2.45) is 5.10 Å². The van der Waals surface area contributed by atoms with Crippen LogP contribution < -0.4 is 5.43 Å². The molecule has 126 valence electrons. The van der Waals surface area contributed by atoms with Gasteiger partial charge >= 0.3 is 0 Å². The quantitative estimate of drug-likeness (QED) is 0.725. The lowest BCUT2D eigenvalue weighted by Crippen LogP contribution is -2.08. The first-order chi connectivity index (χ1) is 12.1. The molecular formula is C20H18FN3S. The van der Waals surface area contributed by atoms with E-state index in [1.807, 2.05) is 18.2 Å². The SMILES string of the molecule is Cc1cc([C@@H]2NN=C(c3ccccc3)S2)c(C)n1-c1ccc(F)cc1. The van der Waals surface area contributed by atoms with Crippen LogP contribution in [0.3, 0.4) is 0 Å². The van der Waals surface area contributed by atoms with Crippen molar-refractivity contribution in [2.75, 3.05) is 0 Å². The fraction of sp³-hybridized carbons (Fsp3) is 0.150. The van der Waals surface area contributed by atoms with E-state index in [4.69, 9.17) is 0 Å². The Bertz CT molecular complexity index is 930. The van der Waals surface area contributed by atoms with Gasteiger partial charge < -0.3 is 4.57 Å². The average Bonchev–Trinajstić information content (AvgIpc) is 3.22. The number of halogens is 1. The number of hydrogen-bond donors (Lipinski definition) is 1. The molecule has 4 rings (SSSR count). The summed E-state index contributed by atoms with van der Waals surface area (Å²) in [5.74, 6) is -0.222. The fourth-order valence-corrected chi connectivity index (χ4v) is 4.24. The first-order valence-corrected chi connectivity index (χ1v) is 9.01. The highest BCUT2D eigenvalue weighted by molar-refractivity contribution is 8.14. The molecule has 0 saturated carbocycles. The van der Waals surface area contributed by atoms with Gasteiger partial charge in [-0.2, -0.15) is 5.10 Å². The fourth-order valence-electron chi connectivity index (χ4n) is 3.17. The summed E-state index contributed by atoms with van der Waals surface area (Å²) < 4.78 is 15.4. The molecule has 2 aromatic carbocycles. The van der Waals surface area contributed by atoms with Crippen molar-refractivity contribution >= 4 is 16.8 Å². The van der Waals surface area contributed by atoms with E-state index in [-0.39, 0.29) is 11.2 Å². The van der Waals surface area contributed by atoms with E-state index < -0.39 is 0 Å². The van der Waals surface area contributed by atoms with Crippen LogP contribution in [0.5, 0.6) is 0 Å². The molecule has 0 radical (unpaired) electrons. The monoisotopic (exact) mass is 351 g/mol. The number of aryl methyl sites for hydroxylation is 1. The highest BCUT2D eigenvalue weighted by atomic mass is 32.2. The predicted molar refractivity (Wildman–Crippen MR) is 102 cm³/mol. The molecule has 1 aliphatic heterocycles. The van der Waals surface area contributed by atoms with Crippen LogP contribution in [0.1, 0.15) is 27.9 Å². The largest absolute Gasteiger partial charge is 0.318 e. The smallest absolute Gasteiger partial charge is 0.126 e. The zero-order valence-corrected chi connectivity index (χ0v) is 14.8. The molecule has 2 heterocycles. The maximum atomic E-state index is 13.2. The van der Waals surface area contributed by atoms with Crippen LogP contribution in [-0.4, -0.2) is 9.61 Å². The highest BCUT2D eigenvalue weighted by Gasteiger charge is 2.26. The van der Waals surface area contributed by atoms with Crippen molar-refractivity contribution in [1.82, 2.24) is 9.99 Å². The van der Waals surface area contributed by atoms with Gasteiger partial charge in [-0.25, -0.2) is 4.39 Å². The first-order valence-electron chi connectivity index (χ1n) is 8.13. The predicted octanol–water partition coefficient (Wildman–Crippen LogP) is 4.93. The molecule has 0 bridgehead atoms. The molecular weight excluding hydrogens is 333 g/mol. The van der Waals surface area contributed by atoms with Crippen LogP contribution in [0.4, 0.5) is 4.39 Å². The summed E-state index contributed by atoms with van der Waals surface area (Å²) in [6.07, 6.45) is 0. The van der Waals surface area contributed by atoms with Crippen molar-refractivity contribution in [3.05, 3.63) is 89.0 Å². The number of rotatable bonds is 3. The minimum atomic E-state index is -0.222. The molecule has 0 amide bonds. The van der Waals surface area contributed by atoms with Gasteiger partial charge in [0.25, 0.3) is 0 Å². The third-order valence-corrected chi connectivity index (χ3v) is 5.52. The lowest BCUT2D eigenvalue weighted by molar-refractivity contribution is 0.627. The van der Waals surface area contributed by atoms with Gasteiger partial charge in [-0.05, 0) is 44.2 Å².